The van der Waals surface area contributed by atoms with Gasteiger partial charge in [-0.1, -0.05) is 0 Å². The molecule has 66 valence electrons. The summed E-state index contributed by atoms with van der Waals surface area (Å²) in [5, 5.41) is 8.52. The summed E-state index contributed by atoms with van der Waals surface area (Å²) in [5.74, 6) is -0.0227. The van der Waals surface area contributed by atoms with E-state index < -0.39 is 0 Å². The Bertz CT molecular complexity index is 308. The van der Waals surface area contributed by atoms with Gasteiger partial charge in [0.2, 0.25) is 0 Å². The number of hydrogen-bond donors (Lipinski definition) is 3. The molecule has 0 atom stereocenters. The van der Waals surface area contributed by atoms with Crippen LogP contribution in [0.5, 0.6) is 0 Å². The summed E-state index contributed by atoms with van der Waals surface area (Å²) in [7, 11) is 0. The van der Waals surface area contributed by atoms with Crippen molar-refractivity contribution < 1.29 is 5.11 Å². The van der Waals surface area contributed by atoms with E-state index in [2.05, 4.69) is 9.97 Å². The fraction of sp³-hybridized carbons (Fsp3) is 0.429. The molecular formula is C7H11N3O2. The minimum atomic E-state index is -0.372. The van der Waals surface area contributed by atoms with Crippen molar-refractivity contribution in [2.24, 2.45) is 0 Å². The third-order valence-corrected chi connectivity index (χ3v) is 1.46. The first-order chi connectivity index (χ1) is 5.74. The highest BCUT2D eigenvalue weighted by Gasteiger charge is 1.98. The average Bonchev–Trinajstić information content (AvgIpc) is 2.07. The van der Waals surface area contributed by atoms with Crippen LogP contribution in [0.15, 0.2) is 11.0 Å². The molecule has 0 saturated carbocycles. The molecule has 1 aromatic heterocycles. The van der Waals surface area contributed by atoms with Crippen LogP contribution in [0.3, 0.4) is 0 Å². The van der Waals surface area contributed by atoms with Crippen molar-refractivity contribution in [1.82, 2.24) is 9.97 Å². The first-order valence-corrected chi connectivity index (χ1v) is 3.69. The van der Waals surface area contributed by atoms with Crippen molar-refractivity contribution in [3.05, 3.63) is 22.2 Å². The molecule has 0 spiro atoms. The van der Waals surface area contributed by atoms with E-state index in [1.54, 1.807) is 0 Å². The molecule has 0 amide bonds. The fourth-order valence-electron chi connectivity index (χ4n) is 0.849. The molecule has 0 aromatic carbocycles. The van der Waals surface area contributed by atoms with Gasteiger partial charge in [-0.25, -0.2) is 4.98 Å². The largest absolute Gasteiger partial charge is 0.396 e. The second-order valence-corrected chi connectivity index (χ2v) is 2.43. The number of aryl methyl sites for hydroxylation is 1. The van der Waals surface area contributed by atoms with Crippen molar-refractivity contribution >= 4 is 5.82 Å². The summed E-state index contributed by atoms with van der Waals surface area (Å²) in [6.07, 6.45) is 2.75. The molecule has 0 fully saturated rings. The normalized spacial score (nSPS) is 10.1. The van der Waals surface area contributed by atoms with Gasteiger partial charge >= 0.3 is 0 Å². The number of nitrogens with two attached hydrogens (primary N) is 1. The fourth-order valence-corrected chi connectivity index (χ4v) is 0.849. The van der Waals surface area contributed by atoms with Crippen LogP contribution < -0.4 is 11.3 Å². The van der Waals surface area contributed by atoms with Gasteiger partial charge in [-0.15, -0.1) is 0 Å². The average molecular weight is 169 g/mol. The first-order valence-electron chi connectivity index (χ1n) is 3.69. The van der Waals surface area contributed by atoms with E-state index >= 15 is 0 Å². The summed E-state index contributed by atoms with van der Waals surface area (Å²) >= 11 is 0. The van der Waals surface area contributed by atoms with Crippen molar-refractivity contribution in [3.8, 4) is 0 Å². The molecule has 0 saturated heterocycles. The Morgan fingerprint density at radius 1 is 1.67 bits per heavy atom. The molecular weight excluding hydrogens is 158 g/mol. The number of aliphatic hydroxyl groups excluding tert-OH is 1. The van der Waals surface area contributed by atoms with Crippen molar-refractivity contribution in [2.75, 3.05) is 12.3 Å². The van der Waals surface area contributed by atoms with Crippen LogP contribution >= 0.6 is 0 Å². The number of aromatic amines is 1. The molecule has 1 heterocycles. The Morgan fingerprint density at radius 2 is 2.42 bits per heavy atom. The van der Waals surface area contributed by atoms with E-state index in [1.165, 1.54) is 6.20 Å². The highest BCUT2D eigenvalue weighted by atomic mass is 16.2. The molecule has 0 aliphatic heterocycles. The molecule has 5 heteroatoms. The van der Waals surface area contributed by atoms with Crippen LogP contribution in [0.2, 0.25) is 0 Å². The minimum absolute atomic E-state index is 0.0227. The number of aliphatic hydroxyl groups is 1. The Balaban J connectivity index is 2.75. The lowest BCUT2D eigenvalue weighted by Crippen LogP contribution is -2.14. The standard InChI is InChI=1S/C7H11N3O2/c8-6-7(12)9-4-5(10-6)2-1-3-11/h4,11H,1-3H2,(H2,8,10)(H,9,12). The predicted octanol–water partition coefficient (Wildman–Crippen LogP) is -0.723. The molecule has 4 N–H and O–H groups in total. The van der Waals surface area contributed by atoms with E-state index in [1.807, 2.05) is 0 Å². The van der Waals surface area contributed by atoms with Gasteiger partial charge < -0.3 is 15.8 Å². The SMILES string of the molecule is Nc1nc(CCCO)c[nH]c1=O. The van der Waals surface area contributed by atoms with Crippen LogP contribution in [0.25, 0.3) is 0 Å². The molecule has 1 aromatic rings. The number of nitrogen functional groups attached to an aromatic ring is 1. The zero-order valence-corrected chi connectivity index (χ0v) is 6.58. The zero-order valence-electron chi connectivity index (χ0n) is 6.58. The summed E-state index contributed by atoms with van der Waals surface area (Å²) in [4.78, 5) is 17.0. The van der Waals surface area contributed by atoms with E-state index in [4.69, 9.17) is 10.8 Å². The zero-order chi connectivity index (χ0) is 8.97. The number of aromatic nitrogens is 2. The lowest BCUT2D eigenvalue weighted by Gasteiger charge is -1.98. The quantitative estimate of drug-likeness (QED) is 0.556. The molecule has 0 unspecified atom stereocenters. The van der Waals surface area contributed by atoms with Crippen molar-refractivity contribution in [2.45, 2.75) is 12.8 Å². The summed E-state index contributed by atoms with van der Waals surface area (Å²) < 4.78 is 0. The van der Waals surface area contributed by atoms with Crippen LogP contribution in [-0.2, 0) is 6.42 Å². The Labute approximate surface area is 69.3 Å². The highest BCUT2D eigenvalue weighted by Crippen LogP contribution is 1.96. The van der Waals surface area contributed by atoms with E-state index in [0.29, 0.717) is 18.5 Å². The second-order valence-electron chi connectivity index (χ2n) is 2.43. The molecule has 1 rings (SSSR count). The third kappa shape index (κ3) is 2.06. The molecule has 12 heavy (non-hydrogen) atoms. The van der Waals surface area contributed by atoms with Gasteiger partial charge in [0, 0.05) is 12.8 Å². The van der Waals surface area contributed by atoms with Crippen LogP contribution in [0.1, 0.15) is 12.1 Å². The maximum Gasteiger partial charge on any atom is 0.290 e. The first kappa shape index (κ1) is 8.73. The number of hydrogen-bond acceptors (Lipinski definition) is 4. The topological polar surface area (TPSA) is 92.0 Å². The van der Waals surface area contributed by atoms with Crippen molar-refractivity contribution in [3.63, 3.8) is 0 Å². The van der Waals surface area contributed by atoms with E-state index in [9.17, 15) is 4.79 Å². The third-order valence-electron chi connectivity index (χ3n) is 1.46. The van der Waals surface area contributed by atoms with Gasteiger partial charge in [-0.05, 0) is 12.8 Å². The van der Waals surface area contributed by atoms with Gasteiger partial charge in [-0.2, -0.15) is 0 Å². The maximum atomic E-state index is 10.8. The molecule has 0 bridgehead atoms. The molecule has 0 aliphatic rings. The maximum absolute atomic E-state index is 10.8. The van der Waals surface area contributed by atoms with Gasteiger partial charge in [0.1, 0.15) is 0 Å². The lowest BCUT2D eigenvalue weighted by molar-refractivity contribution is 0.288. The number of H-pyrrole nitrogens is 1. The minimum Gasteiger partial charge on any atom is -0.396 e. The highest BCUT2D eigenvalue weighted by molar-refractivity contribution is 5.24. The Hall–Kier alpha value is -1.36. The van der Waals surface area contributed by atoms with Gasteiger partial charge in [0.05, 0.1) is 5.69 Å². The second kappa shape index (κ2) is 3.87. The molecule has 0 radical (unpaired) electrons. The summed E-state index contributed by atoms with van der Waals surface area (Å²) in [5.41, 5.74) is 5.60. The lowest BCUT2D eigenvalue weighted by atomic mass is 10.2. The monoisotopic (exact) mass is 169 g/mol. The smallest absolute Gasteiger partial charge is 0.290 e. The Morgan fingerprint density at radius 3 is 3.00 bits per heavy atom. The summed E-state index contributed by atoms with van der Waals surface area (Å²) in [6.45, 7) is 0.112. The number of nitrogens with zero attached hydrogens (tertiary/aromatic N) is 1. The van der Waals surface area contributed by atoms with Gasteiger partial charge in [0.25, 0.3) is 5.56 Å². The van der Waals surface area contributed by atoms with E-state index in [0.717, 1.165) is 0 Å². The van der Waals surface area contributed by atoms with Crippen LogP contribution in [-0.4, -0.2) is 21.7 Å². The molecule has 5 nitrogen and oxygen atoms in total. The number of rotatable bonds is 3. The number of nitrogens with one attached hydrogen (secondary N) is 1. The van der Waals surface area contributed by atoms with Gasteiger partial charge in [-0.3, -0.25) is 4.79 Å². The Kier molecular flexibility index (Phi) is 2.82. The van der Waals surface area contributed by atoms with Crippen molar-refractivity contribution in [1.29, 1.82) is 0 Å². The summed E-state index contributed by atoms with van der Waals surface area (Å²) in [6, 6.07) is 0. The molecule has 0 aliphatic carbocycles. The predicted molar refractivity (Wildman–Crippen MR) is 44.7 cm³/mol. The van der Waals surface area contributed by atoms with Crippen LogP contribution in [0, 0.1) is 0 Å². The number of anilines is 1. The van der Waals surface area contributed by atoms with Gasteiger partial charge in [0.15, 0.2) is 5.82 Å². The van der Waals surface area contributed by atoms with Crippen LogP contribution in [0.4, 0.5) is 5.82 Å². The van der Waals surface area contributed by atoms with E-state index in [-0.39, 0.29) is 18.0 Å².